The first-order chi connectivity index (χ1) is 11.2. The average Bonchev–Trinajstić information content (AvgIpc) is 2.60. The van der Waals surface area contributed by atoms with Crippen molar-refractivity contribution in [1.82, 2.24) is 0 Å². The van der Waals surface area contributed by atoms with Crippen molar-refractivity contribution in [3.05, 3.63) is 61.2 Å². The second kappa shape index (κ2) is 9.28. The van der Waals surface area contributed by atoms with E-state index >= 15 is 0 Å². The van der Waals surface area contributed by atoms with E-state index in [1.54, 1.807) is 30.3 Å². The van der Waals surface area contributed by atoms with E-state index in [1.807, 2.05) is 12.1 Å². The molecule has 1 aliphatic heterocycles. The Morgan fingerprint density at radius 2 is 2.13 bits per heavy atom. The molecule has 23 heavy (non-hydrogen) atoms. The van der Waals surface area contributed by atoms with E-state index in [-0.39, 0.29) is 30.9 Å². The van der Waals surface area contributed by atoms with E-state index in [1.165, 1.54) is 0 Å². The van der Waals surface area contributed by atoms with Gasteiger partial charge in [0.05, 0.1) is 17.8 Å². The quantitative estimate of drug-likeness (QED) is 0.543. The van der Waals surface area contributed by atoms with Crippen LogP contribution in [-0.2, 0) is 14.2 Å². The third kappa shape index (κ3) is 5.34. The molecule has 0 N–H and O–H groups in total. The summed E-state index contributed by atoms with van der Waals surface area (Å²) in [7, 11) is 0. The SMILES string of the molecule is C=CC[C@@H]1OCCC[C@H]1O[C@H](C=C)COC(=O)c1ccccc1. The summed E-state index contributed by atoms with van der Waals surface area (Å²) in [4.78, 5) is 12.0. The van der Waals surface area contributed by atoms with Gasteiger partial charge in [0, 0.05) is 6.61 Å². The predicted octanol–water partition coefficient (Wildman–Crippen LogP) is 3.54. The Morgan fingerprint density at radius 3 is 2.83 bits per heavy atom. The summed E-state index contributed by atoms with van der Waals surface area (Å²) in [5.74, 6) is -0.358. The number of esters is 1. The molecule has 124 valence electrons. The van der Waals surface area contributed by atoms with Gasteiger partial charge in [0.1, 0.15) is 12.7 Å². The second-order valence-electron chi connectivity index (χ2n) is 5.49. The Hall–Kier alpha value is -1.91. The topological polar surface area (TPSA) is 44.8 Å². The van der Waals surface area contributed by atoms with E-state index in [4.69, 9.17) is 14.2 Å². The van der Waals surface area contributed by atoms with Gasteiger partial charge in [-0.25, -0.2) is 4.79 Å². The molecule has 2 rings (SSSR count). The molecule has 0 bridgehead atoms. The van der Waals surface area contributed by atoms with E-state index < -0.39 is 0 Å². The molecular formula is C19H24O4. The van der Waals surface area contributed by atoms with Crippen LogP contribution >= 0.6 is 0 Å². The van der Waals surface area contributed by atoms with Gasteiger partial charge in [-0.2, -0.15) is 0 Å². The van der Waals surface area contributed by atoms with E-state index in [0.717, 1.165) is 25.9 Å². The van der Waals surface area contributed by atoms with E-state index in [9.17, 15) is 4.79 Å². The minimum absolute atomic E-state index is 0.00789. The van der Waals surface area contributed by atoms with Gasteiger partial charge in [-0.1, -0.05) is 30.4 Å². The molecule has 1 aromatic rings. The zero-order valence-electron chi connectivity index (χ0n) is 13.4. The summed E-state index contributed by atoms with van der Waals surface area (Å²) in [5, 5.41) is 0. The molecule has 0 saturated carbocycles. The maximum absolute atomic E-state index is 12.0. The zero-order valence-corrected chi connectivity index (χ0v) is 13.4. The van der Waals surface area contributed by atoms with Crippen LogP contribution in [0.15, 0.2) is 55.6 Å². The molecule has 1 saturated heterocycles. The Balaban J connectivity index is 1.85. The molecule has 0 amide bonds. The lowest BCUT2D eigenvalue weighted by Crippen LogP contribution is -2.39. The first kappa shape index (κ1) is 17.4. The first-order valence-electron chi connectivity index (χ1n) is 7.97. The molecule has 3 atom stereocenters. The highest BCUT2D eigenvalue weighted by molar-refractivity contribution is 5.89. The lowest BCUT2D eigenvalue weighted by molar-refractivity contribution is -0.126. The Labute approximate surface area is 137 Å². The van der Waals surface area contributed by atoms with Crippen LogP contribution < -0.4 is 0 Å². The number of carbonyl (C=O) groups excluding carboxylic acids is 1. The molecule has 0 spiro atoms. The smallest absolute Gasteiger partial charge is 0.338 e. The number of benzene rings is 1. The number of rotatable bonds is 8. The number of ether oxygens (including phenoxy) is 3. The van der Waals surface area contributed by atoms with Gasteiger partial charge in [0.15, 0.2) is 0 Å². The van der Waals surface area contributed by atoms with Crippen LogP contribution in [0.2, 0.25) is 0 Å². The predicted molar refractivity (Wildman–Crippen MR) is 89.4 cm³/mol. The third-order valence-corrected chi connectivity index (χ3v) is 3.78. The van der Waals surface area contributed by atoms with Gasteiger partial charge in [-0.3, -0.25) is 0 Å². The van der Waals surface area contributed by atoms with Crippen molar-refractivity contribution in [2.45, 2.75) is 37.6 Å². The highest BCUT2D eigenvalue weighted by Crippen LogP contribution is 2.22. The molecule has 1 heterocycles. The normalized spacial score (nSPS) is 22.1. The van der Waals surface area contributed by atoms with Gasteiger partial charge in [-0.05, 0) is 31.4 Å². The third-order valence-electron chi connectivity index (χ3n) is 3.78. The fraction of sp³-hybridized carbons (Fsp3) is 0.421. The summed E-state index contributed by atoms with van der Waals surface area (Å²) < 4.78 is 17.1. The van der Waals surface area contributed by atoms with Crippen LogP contribution in [0.25, 0.3) is 0 Å². The number of carbonyl (C=O) groups is 1. The summed E-state index contributed by atoms with van der Waals surface area (Å²) >= 11 is 0. The summed E-state index contributed by atoms with van der Waals surface area (Å²) in [6, 6.07) is 8.91. The van der Waals surface area contributed by atoms with Crippen molar-refractivity contribution in [2.75, 3.05) is 13.2 Å². The van der Waals surface area contributed by atoms with Crippen molar-refractivity contribution in [2.24, 2.45) is 0 Å². The molecule has 0 aliphatic carbocycles. The second-order valence-corrected chi connectivity index (χ2v) is 5.49. The highest BCUT2D eigenvalue weighted by atomic mass is 16.6. The van der Waals surface area contributed by atoms with Crippen LogP contribution in [-0.4, -0.2) is 37.5 Å². The molecule has 4 nitrogen and oxygen atoms in total. The maximum atomic E-state index is 12.0. The number of hydrogen-bond acceptors (Lipinski definition) is 4. The van der Waals surface area contributed by atoms with Crippen LogP contribution in [0.3, 0.4) is 0 Å². The van der Waals surface area contributed by atoms with Crippen molar-refractivity contribution < 1.29 is 19.0 Å². The standard InChI is InChI=1S/C19H24O4/c1-3-9-17-18(12-8-13-21-17)23-16(4-2)14-22-19(20)15-10-6-5-7-11-15/h3-7,10-11,16-18H,1-2,8-9,12-14H2/t16-,17+,18-/m1/s1. The Bertz CT molecular complexity index is 511. The fourth-order valence-corrected chi connectivity index (χ4v) is 2.55. The Morgan fingerprint density at radius 1 is 1.35 bits per heavy atom. The summed E-state index contributed by atoms with van der Waals surface area (Å²) in [6.07, 6.45) is 5.78. The van der Waals surface area contributed by atoms with Gasteiger partial charge >= 0.3 is 5.97 Å². The van der Waals surface area contributed by atoms with E-state index in [0.29, 0.717) is 5.56 Å². The monoisotopic (exact) mass is 316 g/mol. The summed E-state index contributed by atoms with van der Waals surface area (Å²) in [5.41, 5.74) is 0.529. The summed E-state index contributed by atoms with van der Waals surface area (Å²) in [6.45, 7) is 8.43. The van der Waals surface area contributed by atoms with Crippen molar-refractivity contribution in [3.8, 4) is 0 Å². The highest BCUT2D eigenvalue weighted by Gasteiger charge is 2.28. The molecule has 1 aliphatic rings. The largest absolute Gasteiger partial charge is 0.459 e. The van der Waals surface area contributed by atoms with Gasteiger partial charge in [-0.15, -0.1) is 13.2 Å². The van der Waals surface area contributed by atoms with Crippen molar-refractivity contribution in [1.29, 1.82) is 0 Å². The first-order valence-corrected chi connectivity index (χ1v) is 7.97. The molecule has 1 fully saturated rings. The van der Waals surface area contributed by atoms with Gasteiger partial charge < -0.3 is 14.2 Å². The van der Waals surface area contributed by atoms with Crippen molar-refractivity contribution in [3.63, 3.8) is 0 Å². The average molecular weight is 316 g/mol. The molecule has 0 aromatic heterocycles. The molecule has 4 heteroatoms. The maximum Gasteiger partial charge on any atom is 0.338 e. The molecular weight excluding hydrogens is 292 g/mol. The number of hydrogen-bond donors (Lipinski definition) is 0. The van der Waals surface area contributed by atoms with E-state index in [2.05, 4.69) is 13.2 Å². The van der Waals surface area contributed by atoms with Crippen LogP contribution in [0.1, 0.15) is 29.6 Å². The minimum atomic E-state index is -0.358. The van der Waals surface area contributed by atoms with Gasteiger partial charge in [0.2, 0.25) is 0 Å². The van der Waals surface area contributed by atoms with Crippen molar-refractivity contribution >= 4 is 5.97 Å². The Kier molecular flexibility index (Phi) is 7.04. The molecule has 1 aromatic carbocycles. The van der Waals surface area contributed by atoms with Crippen LogP contribution in [0.5, 0.6) is 0 Å². The minimum Gasteiger partial charge on any atom is -0.459 e. The zero-order chi connectivity index (χ0) is 16.5. The molecule has 0 radical (unpaired) electrons. The van der Waals surface area contributed by atoms with Crippen LogP contribution in [0, 0.1) is 0 Å². The van der Waals surface area contributed by atoms with Crippen LogP contribution in [0.4, 0.5) is 0 Å². The van der Waals surface area contributed by atoms with Gasteiger partial charge in [0.25, 0.3) is 0 Å². The molecule has 0 unspecified atom stereocenters. The fourth-order valence-electron chi connectivity index (χ4n) is 2.55. The lowest BCUT2D eigenvalue weighted by atomic mass is 10.0. The lowest BCUT2D eigenvalue weighted by Gasteiger charge is -2.33.